The SMILES string of the molecule is Cc1nc(N[C@H](C)c2ccc(-n3cncn3)cc2)c2c(C)noc2n1. The third-order valence-corrected chi connectivity index (χ3v) is 4.05. The molecule has 0 fully saturated rings. The molecule has 25 heavy (non-hydrogen) atoms. The molecule has 0 bridgehead atoms. The van der Waals surface area contributed by atoms with Crippen molar-refractivity contribution in [1.82, 2.24) is 29.9 Å². The van der Waals surface area contributed by atoms with Gasteiger partial charge in [0.05, 0.1) is 11.4 Å². The summed E-state index contributed by atoms with van der Waals surface area (Å²) in [6, 6.07) is 8.18. The number of aryl methyl sites for hydroxylation is 2. The highest BCUT2D eigenvalue weighted by molar-refractivity contribution is 5.87. The number of aromatic nitrogens is 6. The van der Waals surface area contributed by atoms with Crippen LogP contribution in [0.4, 0.5) is 5.82 Å². The summed E-state index contributed by atoms with van der Waals surface area (Å²) in [4.78, 5) is 12.8. The van der Waals surface area contributed by atoms with Gasteiger partial charge >= 0.3 is 0 Å². The van der Waals surface area contributed by atoms with Gasteiger partial charge in [-0.15, -0.1) is 0 Å². The van der Waals surface area contributed by atoms with Crippen LogP contribution in [0.15, 0.2) is 41.4 Å². The third-order valence-electron chi connectivity index (χ3n) is 4.05. The summed E-state index contributed by atoms with van der Waals surface area (Å²) in [5, 5.41) is 12.4. The first-order valence-corrected chi connectivity index (χ1v) is 7.94. The second kappa shape index (κ2) is 5.97. The molecule has 4 aromatic rings. The number of fused-ring (bicyclic) bond motifs is 1. The Labute approximate surface area is 143 Å². The summed E-state index contributed by atoms with van der Waals surface area (Å²) in [6.07, 6.45) is 3.19. The summed E-state index contributed by atoms with van der Waals surface area (Å²) in [5.41, 5.74) is 3.36. The number of hydrogen-bond donors (Lipinski definition) is 1. The molecule has 0 saturated carbocycles. The zero-order chi connectivity index (χ0) is 17.4. The summed E-state index contributed by atoms with van der Waals surface area (Å²) >= 11 is 0. The van der Waals surface area contributed by atoms with Crippen molar-refractivity contribution >= 4 is 16.9 Å². The van der Waals surface area contributed by atoms with E-state index in [1.807, 2.05) is 26.0 Å². The van der Waals surface area contributed by atoms with Crippen LogP contribution < -0.4 is 5.32 Å². The van der Waals surface area contributed by atoms with Gasteiger partial charge in [-0.3, -0.25) is 0 Å². The normalized spacial score (nSPS) is 12.4. The van der Waals surface area contributed by atoms with Gasteiger partial charge in [0.1, 0.15) is 29.7 Å². The summed E-state index contributed by atoms with van der Waals surface area (Å²) < 4.78 is 6.98. The number of nitrogens with zero attached hydrogens (tertiary/aromatic N) is 6. The van der Waals surface area contributed by atoms with E-state index in [1.54, 1.807) is 11.0 Å². The highest BCUT2D eigenvalue weighted by atomic mass is 16.5. The van der Waals surface area contributed by atoms with Gasteiger partial charge in [-0.25, -0.2) is 14.6 Å². The molecule has 0 aliphatic carbocycles. The Hall–Kier alpha value is -3.29. The molecule has 0 saturated heterocycles. The highest BCUT2D eigenvalue weighted by Gasteiger charge is 2.16. The largest absolute Gasteiger partial charge is 0.363 e. The molecule has 0 spiro atoms. The maximum atomic E-state index is 5.26. The Kier molecular flexibility index (Phi) is 3.64. The third kappa shape index (κ3) is 2.82. The lowest BCUT2D eigenvalue weighted by Crippen LogP contribution is -2.09. The Morgan fingerprint density at radius 1 is 1.12 bits per heavy atom. The first kappa shape index (κ1) is 15.3. The van der Waals surface area contributed by atoms with Crippen molar-refractivity contribution in [3.8, 4) is 5.69 Å². The number of rotatable bonds is 4. The average Bonchev–Trinajstić information content (AvgIpc) is 3.25. The Balaban J connectivity index is 1.62. The van der Waals surface area contributed by atoms with E-state index in [9.17, 15) is 0 Å². The first-order chi connectivity index (χ1) is 12.1. The van der Waals surface area contributed by atoms with E-state index in [4.69, 9.17) is 4.52 Å². The smallest absolute Gasteiger partial charge is 0.263 e. The minimum Gasteiger partial charge on any atom is -0.363 e. The Bertz CT molecular complexity index is 1010. The van der Waals surface area contributed by atoms with Gasteiger partial charge in [-0.05, 0) is 38.5 Å². The van der Waals surface area contributed by atoms with Crippen molar-refractivity contribution in [3.63, 3.8) is 0 Å². The van der Waals surface area contributed by atoms with E-state index in [2.05, 4.69) is 49.6 Å². The highest BCUT2D eigenvalue weighted by Crippen LogP contribution is 2.27. The molecular formula is C17H17N7O. The minimum atomic E-state index is 0.0524. The van der Waals surface area contributed by atoms with Gasteiger partial charge in [0.2, 0.25) is 0 Å². The standard InChI is InChI=1S/C17H17N7O/c1-10(13-4-6-14(7-5-13)24-9-18-8-19-24)20-16-15-11(2)23-25-17(15)22-12(3)21-16/h4-10H,1-3H3,(H,20,21,22)/t10-/m1/s1. The van der Waals surface area contributed by atoms with Crippen LogP contribution in [0.2, 0.25) is 0 Å². The van der Waals surface area contributed by atoms with E-state index in [-0.39, 0.29) is 6.04 Å². The van der Waals surface area contributed by atoms with Crippen LogP contribution >= 0.6 is 0 Å². The van der Waals surface area contributed by atoms with Gasteiger partial charge in [0.25, 0.3) is 5.71 Å². The zero-order valence-corrected chi connectivity index (χ0v) is 14.1. The lowest BCUT2D eigenvalue weighted by Gasteiger charge is -2.16. The molecule has 1 atom stereocenters. The summed E-state index contributed by atoms with van der Waals surface area (Å²) in [5.74, 6) is 1.37. The molecule has 0 radical (unpaired) electrons. The molecule has 3 aromatic heterocycles. The van der Waals surface area contributed by atoms with Crippen molar-refractivity contribution in [2.24, 2.45) is 0 Å². The van der Waals surface area contributed by atoms with Gasteiger partial charge in [0, 0.05) is 6.04 Å². The van der Waals surface area contributed by atoms with Gasteiger partial charge in [0.15, 0.2) is 0 Å². The molecule has 0 amide bonds. The van der Waals surface area contributed by atoms with E-state index in [0.29, 0.717) is 11.5 Å². The first-order valence-electron chi connectivity index (χ1n) is 7.94. The van der Waals surface area contributed by atoms with E-state index >= 15 is 0 Å². The van der Waals surface area contributed by atoms with E-state index in [0.717, 1.165) is 28.1 Å². The molecule has 1 aromatic carbocycles. The second-order valence-corrected chi connectivity index (χ2v) is 5.87. The van der Waals surface area contributed by atoms with E-state index in [1.165, 1.54) is 6.33 Å². The molecule has 3 heterocycles. The van der Waals surface area contributed by atoms with Crippen LogP contribution in [0.5, 0.6) is 0 Å². The lowest BCUT2D eigenvalue weighted by molar-refractivity contribution is 0.442. The molecule has 8 heteroatoms. The van der Waals surface area contributed by atoms with Crippen molar-refractivity contribution in [2.45, 2.75) is 26.8 Å². The number of nitrogens with one attached hydrogen (secondary N) is 1. The molecule has 126 valence electrons. The molecule has 0 unspecified atom stereocenters. The lowest BCUT2D eigenvalue weighted by atomic mass is 10.1. The van der Waals surface area contributed by atoms with E-state index < -0.39 is 0 Å². The van der Waals surface area contributed by atoms with Crippen LogP contribution in [0, 0.1) is 13.8 Å². The molecule has 8 nitrogen and oxygen atoms in total. The number of anilines is 1. The minimum absolute atomic E-state index is 0.0524. The van der Waals surface area contributed by atoms with Crippen molar-refractivity contribution in [1.29, 1.82) is 0 Å². The van der Waals surface area contributed by atoms with Gasteiger partial charge in [-0.1, -0.05) is 17.3 Å². The molecular weight excluding hydrogens is 318 g/mol. The predicted molar refractivity (Wildman–Crippen MR) is 92.5 cm³/mol. The average molecular weight is 335 g/mol. The van der Waals surface area contributed by atoms with Gasteiger partial charge < -0.3 is 9.84 Å². The monoisotopic (exact) mass is 335 g/mol. The van der Waals surface area contributed by atoms with Crippen molar-refractivity contribution < 1.29 is 4.52 Å². The van der Waals surface area contributed by atoms with Crippen LogP contribution in [0.25, 0.3) is 16.8 Å². The molecule has 0 aliphatic rings. The fourth-order valence-electron chi connectivity index (χ4n) is 2.75. The Morgan fingerprint density at radius 3 is 2.64 bits per heavy atom. The maximum absolute atomic E-state index is 5.26. The van der Waals surface area contributed by atoms with Crippen LogP contribution in [0.1, 0.15) is 30.0 Å². The number of hydrogen-bond acceptors (Lipinski definition) is 7. The topological polar surface area (TPSA) is 94.6 Å². The van der Waals surface area contributed by atoms with Crippen LogP contribution in [0.3, 0.4) is 0 Å². The maximum Gasteiger partial charge on any atom is 0.263 e. The van der Waals surface area contributed by atoms with Crippen molar-refractivity contribution in [3.05, 3.63) is 54.0 Å². The second-order valence-electron chi connectivity index (χ2n) is 5.87. The molecule has 4 rings (SSSR count). The fraction of sp³-hybridized carbons (Fsp3) is 0.235. The fourth-order valence-corrected chi connectivity index (χ4v) is 2.75. The van der Waals surface area contributed by atoms with Gasteiger partial charge in [-0.2, -0.15) is 10.1 Å². The van der Waals surface area contributed by atoms with Crippen LogP contribution in [-0.4, -0.2) is 29.9 Å². The molecule has 0 aliphatic heterocycles. The quantitative estimate of drug-likeness (QED) is 0.612. The summed E-state index contributed by atoms with van der Waals surface area (Å²) in [6.45, 7) is 5.80. The summed E-state index contributed by atoms with van der Waals surface area (Å²) in [7, 11) is 0. The predicted octanol–water partition coefficient (Wildman–Crippen LogP) is 2.99. The van der Waals surface area contributed by atoms with Crippen LogP contribution in [-0.2, 0) is 0 Å². The zero-order valence-electron chi connectivity index (χ0n) is 14.1. The molecule has 1 N–H and O–H groups in total. The Morgan fingerprint density at radius 2 is 1.92 bits per heavy atom. The van der Waals surface area contributed by atoms with Crippen molar-refractivity contribution in [2.75, 3.05) is 5.32 Å². The number of benzene rings is 1.